The minimum Gasteiger partial charge on any atom is -0.353 e. The smallest absolute Gasteiger partial charge is 0.239 e. The fourth-order valence-electron chi connectivity index (χ4n) is 4.38. The number of amides is 2. The maximum Gasteiger partial charge on any atom is 0.239 e. The number of nitrogens with zero attached hydrogens (tertiary/aromatic N) is 5. The van der Waals surface area contributed by atoms with E-state index in [9.17, 15) is 9.59 Å². The Labute approximate surface area is 180 Å². The van der Waals surface area contributed by atoms with Gasteiger partial charge in [-0.25, -0.2) is 0 Å². The van der Waals surface area contributed by atoms with Crippen LogP contribution < -0.4 is 10.6 Å². The third-order valence-electron chi connectivity index (χ3n) is 6.04. The van der Waals surface area contributed by atoms with Gasteiger partial charge in [-0.3, -0.25) is 24.4 Å². The lowest BCUT2D eigenvalue weighted by Gasteiger charge is -2.33. The molecule has 0 aromatic carbocycles. The molecule has 0 bridgehead atoms. The molecule has 2 amide bonds. The van der Waals surface area contributed by atoms with Crippen molar-refractivity contribution in [2.45, 2.75) is 50.5 Å². The van der Waals surface area contributed by atoms with Gasteiger partial charge < -0.3 is 10.6 Å². The molecule has 10 heteroatoms. The van der Waals surface area contributed by atoms with Gasteiger partial charge in [0, 0.05) is 62.5 Å². The molecule has 2 aliphatic heterocycles. The van der Waals surface area contributed by atoms with Gasteiger partial charge >= 0.3 is 0 Å². The van der Waals surface area contributed by atoms with E-state index in [2.05, 4.69) is 42.1 Å². The molecule has 0 spiro atoms. The lowest BCUT2D eigenvalue weighted by molar-refractivity contribution is -0.126. The van der Waals surface area contributed by atoms with Crippen molar-refractivity contribution in [3.63, 3.8) is 0 Å². The van der Waals surface area contributed by atoms with Gasteiger partial charge in [-0.1, -0.05) is 10.6 Å². The van der Waals surface area contributed by atoms with Gasteiger partial charge in [0.1, 0.15) is 6.04 Å². The Morgan fingerprint density at radius 3 is 3.10 bits per heavy atom. The van der Waals surface area contributed by atoms with Crippen LogP contribution in [0.3, 0.4) is 0 Å². The van der Waals surface area contributed by atoms with Gasteiger partial charge in [-0.15, -0.1) is 5.10 Å². The number of hydrogen-bond donors (Lipinski definition) is 2. The second kappa shape index (κ2) is 9.59. The highest BCUT2D eigenvalue weighted by Gasteiger charge is 2.45. The summed E-state index contributed by atoms with van der Waals surface area (Å²) in [5.74, 6) is 0.0829. The third kappa shape index (κ3) is 4.82. The van der Waals surface area contributed by atoms with Crippen LogP contribution in [0, 0.1) is 0 Å². The lowest BCUT2D eigenvalue weighted by atomic mass is 10.0. The quantitative estimate of drug-likeness (QED) is 0.657. The summed E-state index contributed by atoms with van der Waals surface area (Å²) in [6, 6.07) is 3.88. The van der Waals surface area contributed by atoms with Gasteiger partial charge in [0.25, 0.3) is 0 Å². The van der Waals surface area contributed by atoms with E-state index in [1.54, 1.807) is 12.4 Å². The van der Waals surface area contributed by atoms with Crippen LogP contribution in [0.15, 0.2) is 29.9 Å². The summed E-state index contributed by atoms with van der Waals surface area (Å²) >= 11 is 1.33. The first-order valence-corrected chi connectivity index (χ1v) is 11.1. The predicted octanol–water partition coefficient (Wildman–Crippen LogP) is 0.403. The standard InChI is InChI=1S/C20H27N7O2S/c1-26-16(4-5-18(28)22-10-14-3-2-7-21-9-14)11-23-20(29)19-17(26)6-8-27(19)12-15-13-30-25-24-15/h2-3,7,9,13,16-17,19H,4-6,8,10-12H2,1H3,(H,22,28)(H,23,29). The highest BCUT2D eigenvalue weighted by atomic mass is 32.1. The number of pyridine rings is 1. The van der Waals surface area contributed by atoms with Crippen molar-refractivity contribution < 1.29 is 9.59 Å². The predicted molar refractivity (Wildman–Crippen MR) is 112 cm³/mol. The van der Waals surface area contributed by atoms with E-state index < -0.39 is 0 Å². The maximum absolute atomic E-state index is 12.8. The minimum atomic E-state index is -0.193. The van der Waals surface area contributed by atoms with Crippen molar-refractivity contribution in [3.8, 4) is 0 Å². The number of aromatic nitrogens is 3. The van der Waals surface area contributed by atoms with Crippen molar-refractivity contribution in [2.24, 2.45) is 0 Å². The Morgan fingerprint density at radius 1 is 1.43 bits per heavy atom. The van der Waals surface area contributed by atoms with Gasteiger partial charge in [0.05, 0.1) is 5.69 Å². The zero-order valence-corrected chi connectivity index (χ0v) is 17.8. The van der Waals surface area contributed by atoms with E-state index in [4.69, 9.17) is 0 Å². The van der Waals surface area contributed by atoms with Crippen molar-refractivity contribution in [2.75, 3.05) is 20.1 Å². The molecule has 2 aromatic rings. The molecular weight excluding hydrogens is 402 g/mol. The molecule has 160 valence electrons. The topological polar surface area (TPSA) is 103 Å². The molecule has 3 unspecified atom stereocenters. The van der Waals surface area contributed by atoms with Gasteiger partial charge in [-0.2, -0.15) is 0 Å². The molecule has 2 aromatic heterocycles. The second-order valence-electron chi connectivity index (χ2n) is 7.91. The number of hydrogen-bond acceptors (Lipinski definition) is 8. The molecule has 30 heavy (non-hydrogen) atoms. The zero-order valence-electron chi connectivity index (χ0n) is 17.0. The molecule has 0 saturated carbocycles. The fraction of sp³-hybridized carbons (Fsp3) is 0.550. The molecular formula is C20H27N7O2S. The Balaban J connectivity index is 1.31. The monoisotopic (exact) mass is 429 g/mol. The van der Waals surface area contributed by atoms with E-state index in [-0.39, 0.29) is 29.9 Å². The number of carbonyl (C=O) groups excluding carboxylic acids is 2. The summed E-state index contributed by atoms with van der Waals surface area (Å²) in [4.78, 5) is 33.7. The van der Waals surface area contributed by atoms with E-state index >= 15 is 0 Å². The van der Waals surface area contributed by atoms with Crippen LogP contribution >= 0.6 is 11.5 Å². The van der Waals surface area contributed by atoms with E-state index in [1.807, 2.05) is 17.5 Å². The Kier molecular flexibility index (Phi) is 6.66. The molecule has 3 atom stereocenters. The van der Waals surface area contributed by atoms with Gasteiger partial charge in [0.2, 0.25) is 11.8 Å². The minimum absolute atomic E-state index is 0.0171. The second-order valence-corrected chi connectivity index (χ2v) is 8.52. The molecule has 2 N–H and O–H groups in total. The Hall–Kier alpha value is -2.43. The first-order chi connectivity index (χ1) is 14.6. The molecule has 0 aliphatic carbocycles. The summed E-state index contributed by atoms with van der Waals surface area (Å²) in [6.45, 7) is 2.53. The summed E-state index contributed by atoms with van der Waals surface area (Å²) in [5, 5.41) is 12.1. The maximum atomic E-state index is 12.8. The largest absolute Gasteiger partial charge is 0.353 e. The first kappa shape index (κ1) is 20.8. The number of carbonyl (C=O) groups is 2. The van der Waals surface area contributed by atoms with Crippen LogP contribution in [-0.4, -0.2) is 74.4 Å². The van der Waals surface area contributed by atoms with Crippen molar-refractivity contribution in [1.82, 2.24) is 35.0 Å². The van der Waals surface area contributed by atoms with Crippen LogP contribution in [0.1, 0.15) is 30.5 Å². The van der Waals surface area contributed by atoms with Crippen LogP contribution in [0.2, 0.25) is 0 Å². The summed E-state index contributed by atoms with van der Waals surface area (Å²) in [6.07, 6.45) is 5.52. The van der Waals surface area contributed by atoms with E-state index in [0.717, 1.165) is 24.2 Å². The van der Waals surface area contributed by atoms with E-state index in [1.165, 1.54) is 11.5 Å². The number of likely N-dealkylation sites (N-methyl/N-ethyl adjacent to an activating group) is 1. The number of fused-ring (bicyclic) bond motifs is 1. The number of nitrogens with one attached hydrogen (secondary N) is 2. The number of likely N-dealkylation sites (tertiary alicyclic amines) is 1. The third-order valence-corrected chi connectivity index (χ3v) is 6.59. The average molecular weight is 430 g/mol. The average Bonchev–Trinajstić information content (AvgIpc) is 3.40. The molecule has 4 heterocycles. The Bertz CT molecular complexity index is 848. The van der Waals surface area contributed by atoms with Crippen molar-refractivity contribution in [1.29, 1.82) is 0 Å². The molecule has 2 saturated heterocycles. The van der Waals surface area contributed by atoms with Crippen LogP contribution in [0.4, 0.5) is 0 Å². The Morgan fingerprint density at radius 2 is 2.33 bits per heavy atom. The van der Waals surface area contributed by atoms with Crippen LogP contribution in [-0.2, 0) is 22.7 Å². The van der Waals surface area contributed by atoms with Crippen molar-refractivity contribution >= 4 is 23.3 Å². The molecule has 4 rings (SSSR count). The summed E-state index contributed by atoms with van der Waals surface area (Å²) in [5.41, 5.74) is 1.89. The van der Waals surface area contributed by atoms with Crippen molar-refractivity contribution in [3.05, 3.63) is 41.2 Å². The van der Waals surface area contributed by atoms with E-state index in [0.29, 0.717) is 32.5 Å². The first-order valence-electron chi connectivity index (χ1n) is 10.3. The van der Waals surface area contributed by atoms with Crippen LogP contribution in [0.5, 0.6) is 0 Å². The molecule has 9 nitrogen and oxygen atoms in total. The normalized spacial score (nSPS) is 24.8. The van der Waals surface area contributed by atoms with Gasteiger partial charge in [0.15, 0.2) is 0 Å². The summed E-state index contributed by atoms with van der Waals surface area (Å²) < 4.78 is 3.92. The molecule has 2 aliphatic rings. The SMILES string of the molecule is CN1C(CCC(=O)NCc2cccnc2)CNC(=O)C2C1CCN2Cc1csnn1. The van der Waals surface area contributed by atoms with Crippen LogP contribution in [0.25, 0.3) is 0 Å². The van der Waals surface area contributed by atoms with Gasteiger partial charge in [-0.05, 0) is 43.1 Å². The highest BCUT2D eigenvalue weighted by molar-refractivity contribution is 7.03. The number of rotatable bonds is 7. The fourth-order valence-corrected chi connectivity index (χ4v) is 4.82. The molecule has 0 radical (unpaired) electrons. The summed E-state index contributed by atoms with van der Waals surface area (Å²) in [7, 11) is 2.07. The highest BCUT2D eigenvalue weighted by Crippen LogP contribution is 2.28. The zero-order chi connectivity index (χ0) is 20.9. The molecule has 2 fully saturated rings. The lowest BCUT2D eigenvalue weighted by Crippen LogP contribution is -2.49.